The number of carboxylic acid groups (broad SMARTS) is 1. The topological polar surface area (TPSA) is 57.6 Å². The third-order valence-corrected chi connectivity index (χ3v) is 3.22. The molecule has 0 aromatic heterocycles. The molecule has 1 aromatic rings. The summed E-state index contributed by atoms with van der Waals surface area (Å²) in [6.45, 7) is 2.16. The van der Waals surface area contributed by atoms with E-state index in [-0.39, 0.29) is 11.3 Å². The van der Waals surface area contributed by atoms with Crippen molar-refractivity contribution in [3.05, 3.63) is 29.6 Å². The van der Waals surface area contributed by atoms with Crippen LogP contribution in [0.3, 0.4) is 0 Å². The van der Waals surface area contributed by atoms with Crippen molar-refractivity contribution in [1.29, 1.82) is 0 Å². The van der Waals surface area contributed by atoms with Crippen LogP contribution in [0.1, 0.15) is 23.7 Å². The Labute approximate surface area is 104 Å². The van der Waals surface area contributed by atoms with E-state index >= 15 is 0 Å². The maximum atomic E-state index is 13.6. The first-order chi connectivity index (χ1) is 8.50. The fourth-order valence-electron chi connectivity index (χ4n) is 2.31. The molecule has 1 fully saturated rings. The minimum atomic E-state index is -0.849. The van der Waals surface area contributed by atoms with E-state index in [0.29, 0.717) is 25.2 Å². The molecule has 0 bridgehead atoms. The molecule has 1 N–H and O–H groups in total. The van der Waals surface area contributed by atoms with E-state index in [1.807, 2.05) is 0 Å². The zero-order chi connectivity index (χ0) is 13.3. The molecule has 0 saturated carbocycles. The lowest BCUT2D eigenvalue weighted by Crippen LogP contribution is -2.24. The van der Waals surface area contributed by atoms with E-state index in [1.54, 1.807) is 11.0 Å². The van der Waals surface area contributed by atoms with Crippen LogP contribution in [0.5, 0.6) is 0 Å². The molecule has 1 aliphatic rings. The van der Waals surface area contributed by atoms with Crippen LogP contribution in [0, 0.1) is 11.7 Å². The second-order valence-electron chi connectivity index (χ2n) is 4.46. The monoisotopic (exact) mass is 251 g/mol. The fourth-order valence-corrected chi connectivity index (χ4v) is 2.31. The van der Waals surface area contributed by atoms with E-state index in [4.69, 9.17) is 5.11 Å². The van der Waals surface area contributed by atoms with Crippen molar-refractivity contribution >= 4 is 17.4 Å². The van der Waals surface area contributed by atoms with Crippen LogP contribution in [-0.4, -0.2) is 29.9 Å². The first-order valence-corrected chi connectivity index (χ1v) is 5.78. The van der Waals surface area contributed by atoms with Gasteiger partial charge in [-0.05, 0) is 25.5 Å². The summed E-state index contributed by atoms with van der Waals surface area (Å²) in [6.07, 6.45) is 0.517. The zero-order valence-corrected chi connectivity index (χ0v) is 10.0. The first-order valence-electron chi connectivity index (χ1n) is 5.78. The van der Waals surface area contributed by atoms with E-state index in [2.05, 4.69) is 0 Å². The van der Waals surface area contributed by atoms with Crippen molar-refractivity contribution in [3.63, 3.8) is 0 Å². The molecule has 0 amide bonds. The SMILES string of the molecule is CC(=O)c1c(F)cccc1N1CCC(C(=O)O)C1. The Morgan fingerprint density at radius 3 is 2.72 bits per heavy atom. The second-order valence-corrected chi connectivity index (χ2v) is 4.46. The minimum absolute atomic E-state index is 0.0449. The van der Waals surface area contributed by atoms with Gasteiger partial charge < -0.3 is 10.0 Å². The number of Topliss-reactive ketones (excluding diaryl/α,β-unsaturated/α-hetero) is 1. The first kappa shape index (κ1) is 12.5. The quantitative estimate of drug-likeness (QED) is 0.834. The van der Waals surface area contributed by atoms with Gasteiger partial charge in [0, 0.05) is 13.1 Å². The van der Waals surface area contributed by atoms with Gasteiger partial charge in [-0.2, -0.15) is 0 Å². The molecule has 2 rings (SSSR count). The van der Waals surface area contributed by atoms with Gasteiger partial charge in [-0.1, -0.05) is 6.07 Å². The summed E-state index contributed by atoms with van der Waals surface area (Å²) in [5, 5.41) is 8.94. The summed E-state index contributed by atoms with van der Waals surface area (Å²) in [5.74, 6) is -2.20. The summed E-state index contributed by atoms with van der Waals surface area (Å²) in [5.41, 5.74) is 0.537. The van der Waals surface area contributed by atoms with Crippen LogP contribution >= 0.6 is 0 Å². The number of nitrogens with zero attached hydrogens (tertiary/aromatic N) is 1. The molecule has 1 aromatic carbocycles. The Balaban J connectivity index is 2.32. The predicted molar refractivity (Wildman–Crippen MR) is 64.4 cm³/mol. The molecular formula is C13H14FNO3. The summed E-state index contributed by atoms with van der Waals surface area (Å²) in [4.78, 5) is 24.1. The van der Waals surface area contributed by atoms with E-state index < -0.39 is 17.7 Å². The van der Waals surface area contributed by atoms with Gasteiger partial charge in [0.2, 0.25) is 0 Å². The number of anilines is 1. The second kappa shape index (κ2) is 4.76. The molecule has 1 atom stereocenters. The lowest BCUT2D eigenvalue weighted by atomic mass is 10.1. The molecule has 4 nitrogen and oxygen atoms in total. The highest BCUT2D eigenvalue weighted by Gasteiger charge is 2.30. The molecular weight excluding hydrogens is 237 g/mol. The van der Waals surface area contributed by atoms with Gasteiger partial charge in [-0.3, -0.25) is 9.59 Å². The molecule has 1 saturated heterocycles. The van der Waals surface area contributed by atoms with Crippen LogP contribution in [0.15, 0.2) is 18.2 Å². The Morgan fingerprint density at radius 2 is 2.17 bits per heavy atom. The molecule has 1 aliphatic heterocycles. The van der Waals surface area contributed by atoms with Crippen LogP contribution in [0.2, 0.25) is 0 Å². The summed E-state index contributed by atoms with van der Waals surface area (Å²) < 4.78 is 13.6. The number of hydrogen-bond donors (Lipinski definition) is 1. The lowest BCUT2D eigenvalue weighted by molar-refractivity contribution is -0.140. The fraction of sp³-hybridized carbons (Fsp3) is 0.385. The number of carbonyl (C=O) groups is 2. The van der Waals surface area contributed by atoms with Crippen molar-refractivity contribution in [1.82, 2.24) is 0 Å². The molecule has 5 heteroatoms. The van der Waals surface area contributed by atoms with Crippen LogP contribution in [0.25, 0.3) is 0 Å². The van der Waals surface area contributed by atoms with Gasteiger partial charge in [0.15, 0.2) is 5.78 Å². The number of aliphatic carboxylic acids is 1. The highest BCUT2D eigenvalue weighted by atomic mass is 19.1. The standard InChI is InChI=1S/C13H14FNO3/c1-8(16)12-10(14)3-2-4-11(12)15-6-5-9(7-15)13(17)18/h2-4,9H,5-7H2,1H3,(H,17,18). The average Bonchev–Trinajstić information content (AvgIpc) is 2.77. The average molecular weight is 251 g/mol. The Hall–Kier alpha value is -1.91. The van der Waals surface area contributed by atoms with Crippen LogP contribution in [-0.2, 0) is 4.79 Å². The summed E-state index contributed by atoms with van der Waals surface area (Å²) >= 11 is 0. The number of hydrogen-bond acceptors (Lipinski definition) is 3. The maximum absolute atomic E-state index is 13.6. The number of benzene rings is 1. The minimum Gasteiger partial charge on any atom is -0.481 e. The number of halogens is 1. The van der Waals surface area contributed by atoms with E-state index in [0.717, 1.165) is 0 Å². The van der Waals surface area contributed by atoms with Gasteiger partial charge in [0.05, 0.1) is 17.2 Å². The van der Waals surface area contributed by atoms with Crippen molar-refractivity contribution in [2.24, 2.45) is 5.92 Å². The summed E-state index contributed by atoms with van der Waals surface area (Å²) in [6, 6.07) is 4.43. The van der Waals surface area contributed by atoms with Gasteiger partial charge in [-0.15, -0.1) is 0 Å². The largest absolute Gasteiger partial charge is 0.481 e. The van der Waals surface area contributed by atoms with Crippen molar-refractivity contribution < 1.29 is 19.1 Å². The Kier molecular flexibility index (Phi) is 3.32. The lowest BCUT2D eigenvalue weighted by Gasteiger charge is -2.21. The third-order valence-electron chi connectivity index (χ3n) is 3.22. The Bertz CT molecular complexity index is 501. The van der Waals surface area contributed by atoms with Crippen molar-refractivity contribution in [3.8, 4) is 0 Å². The molecule has 1 heterocycles. The number of rotatable bonds is 3. The molecule has 0 aliphatic carbocycles. The molecule has 96 valence electrons. The van der Waals surface area contributed by atoms with Gasteiger partial charge >= 0.3 is 5.97 Å². The zero-order valence-electron chi connectivity index (χ0n) is 10.0. The molecule has 1 unspecified atom stereocenters. The van der Waals surface area contributed by atoms with Crippen LogP contribution in [0.4, 0.5) is 10.1 Å². The van der Waals surface area contributed by atoms with Crippen LogP contribution < -0.4 is 4.90 Å². The van der Waals surface area contributed by atoms with Gasteiger partial charge in [0.1, 0.15) is 5.82 Å². The highest BCUT2D eigenvalue weighted by Crippen LogP contribution is 2.29. The summed E-state index contributed by atoms with van der Waals surface area (Å²) in [7, 11) is 0. The van der Waals surface area contributed by atoms with E-state index in [1.165, 1.54) is 19.1 Å². The predicted octanol–water partition coefficient (Wildman–Crippen LogP) is 1.94. The van der Waals surface area contributed by atoms with Gasteiger partial charge in [-0.25, -0.2) is 4.39 Å². The highest BCUT2D eigenvalue weighted by molar-refractivity contribution is 6.00. The number of carbonyl (C=O) groups excluding carboxylic acids is 1. The third kappa shape index (κ3) is 2.20. The maximum Gasteiger partial charge on any atom is 0.308 e. The molecule has 0 radical (unpaired) electrons. The number of carboxylic acids is 1. The van der Waals surface area contributed by atoms with Gasteiger partial charge in [0.25, 0.3) is 0 Å². The van der Waals surface area contributed by atoms with Crippen molar-refractivity contribution in [2.75, 3.05) is 18.0 Å². The van der Waals surface area contributed by atoms with Crippen molar-refractivity contribution in [2.45, 2.75) is 13.3 Å². The molecule has 0 spiro atoms. The van der Waals surface area contributed by atoms with E-state index in [9.17, 15) is 14.0 Å². The molecule has 18 heavy (non-hydrogen) atoms. The number of ketones is 1. The Morgan fingerprint density at radius 1 is 1.44 bits per heavy atom. The normalized spacial score (nSPS) is 19.0. The smallest absolute Gasteiger partial charge is 0.308 e.